The van der Waals surface area contributed by atoms with E-state index in [9.17, 15) is 4.79 Å². The van der Waals surface area contributed by atoms with Crippen molar-refractivity contribution in [1.82, 2.24) is 0 Å². The van der Waals surface area contributed by atoms with Gasteiger partial charge < -0.3 is 0 Å². The molecule has 2 aromatic rings. The summed E-state index contributed by atoms with van der Waals surface area (Å²) in [6.45, 7) is 1.58. The molecule has 0 spiro atoms. The Bertz CT molecular complexity index is 443. The van der Waals surface area contributed by atoms with E-state index in [0.29, 0.717) is 0 Å². The van der Waals surface area contributed by atoms with Crippen molar-refractivity contribution in [3.8, 4) is 0 Å². The normalized spacial score (nSPS) is 10.2. The SMILES string of the molecule is CC(=O)c1ccc(Sc2cccs2)cc1. The minimum absolute atomic E-state index is 0.114. The van der Waals surface area contributed by atoms with Crippen LogP contribution in [0.25, 0.3) is 0 Å². The van der Waals surface area contributed by atoms with Crippen LogP contribution in [0, 0.1) is 0 Å². The molecular weight excluding hydrogens is 224 g/mol. The van der Waals surface area contributed by atoms with Gasteiger partial charge in [-0.05, 0) is 30.5 Å². The Morgan fingerprint density at radius 2 is 1.93 bits per heavy atom. The second-order valence-corrected chi connectivity index (χ2v) is 5.44. The summed E-state index contributed by atoms with van der Waals surface area (Å²) in [5.41, 5.74) is 0.769. The van der Waals surface area contributed by atoms with Crippen molar-refractivity contribution in [2.24, 2.45) is 0 Å². The van der Waals surface area contributed by atoms with Crippen molar-refractivity contribution in [1.29, 1.82) is 0 Å². The molecule has 0 bridgehead atoms. The molecule has 3 heteroatoms. The predicted molar refractivity (Wildman–Crippen MR) is 64.9 cm³/mol. The van der Waals surface area contributed by atoms with Gasteiger partial charge >= 0.3 is 0 Å². The van der Waals surface area contributed by atoms with E-state index in [-0.39, 0.29) is 5.78 Å². The summed E-state index contributed by atoms with van der Waals surface area (Å²) in [4.78, 5) is 12.2. The van der Waals surface area contributed by atoms with Gasteiger partial charge in [-0.15, -0.1) is 11.3 Å². The number of ketones is 1. The van der Waals surface area contributed by atoms with Crippen LogP contribution in [0.1, 0.15) is 17.3 Å². The van der Waals surface area contributed by atoms with Crippen molar-refractivity contribution in [2.75, 3.05) is 0 Å². The maximum atomic E-state index is 11.1. The van der Waals surface area contributed by atoms with Gasteiger partial charge in [0.15, 0.2) is 5.78 Å². The third-order valence-electron chi connectivity index (χ3n) is 1.97. The van der Waals surface area contributed by atoms with Gasteiger partial charge in [0.05, 0.1) is 4.21 Å². The highest BCUT2D eigenvalue weighted by Gasteiger charge is 2.00. The summed E-state index contributed by atoms with van der Waals surface area (Å²) in [6.07, 6.45) is 0. The molecule has 1 heterocycles. The van der Waals surface area contributed by atoms with E-state index in [4.69, 9.17) is 0 Å². The zero-order chi connectivity index (χ0) is 10.7. The van der Waals surface area contributed by atoms with E-state index >= 15 is 0 Å². The van der Waals surface area contributed by atoms with Crippen molar-refractivity contribution in [3.05, 3.63) is 47.3 Å². The average Bonchev–Trinajstić information content (AvgIpc) is 2.71. The predicted octanol–water partition coefficient (Wildman–Crippen LogP) is 4.10. The van der Waals surface area contributed by atoms with Crippen molar-refractivity contribution >= 4 is 28.9 Å². The molecule has 1 nitrogen and oxygen atoms in total. The van der Waals surface area contributed by atoms with Crippen LogP contribution in [0.15, 0.2) is 50.9 Å². The molecule has 0 radical (unpaired) electrons. The van der Waals surface area contributed by atoms with Gasteiger partial charge in [-0.2, -0.15) is 0 Å². The second-order valence-electron chi connectivity index (χ2n) is 3.11. The molecule has 1 aromatic carbocycles. The van der Waals surface area contributed by atoms with Gasteiger partial charge in [0, 0.05) is 10.5 Å². The monoisotopic (exact) mass is 234 g/mol. The lowest BCUT2D eigenvalue weighted by Crippen LogP contribution is -1.89. The number of rotatable bonds is 3. The summed E-state index contributed by atoms with van der Waals surface area (Å²) in [6, 6.07) is 11.9. The third kappa shape index (κ3) is 2.70. The van der Waals surface area contributed by atoms with E-state index in [1.54, 1.807) is 30.0 Å². The van der Waals surface area contributed by atoms with E-state index in [2.05, 4.69) is 11.4 Å². The number of carbonyl (C=O) groups excluding carboxylic acids is 1. The summed E-state index contributed by atoms with van der Waals surface area (Å²) in [5, 5.41) is 2.06. The minimum atomic E-state index is 0.114. The highest BCUT2D eigenvalue weighted by Crippen LogP contribution is 2.31. The number of carbonyl (C=O) groups is 1. The van der Waals surface area contributed by atoms with Gasteiger partial charge in [0.1, 0.15) is 0 Å². The number of benzene rings is 1. The first kappa shape index (κ1) is 10.5. The fourth-order valence-corrected chi connectivity index (χ4v) is 2.94. The molecule has 76 valence electrons. The number of Topliss-reactive ketones (excluding diaryl/α,β-unsaturated/α-hetero) is 1. The Morgan fingerprint density at radius 1 is 1.20 bits per heavy atom. The van der Waals surface area contributed by atoms with Gasteiger partial charge in [0.2, 0.25) is 0 Å². The fraction of sp³-hybridized carbons (Fsp3) is 0.0833. The lowest BCUT2D eigenvalue weighted by atomic mass is 10.2. The number of hydrogen-bond acceptors (Lipinski definition) is 3. The van der Waals surface area contributed by atoms with E-state index < -0.39 is 0 Å². The standard InChI is InChI=1S/C12H10OS2/c1-9(13)10-4-6-11(7-5-10)15-12-3-2-8-14-12/h2-8H,1H3. The van der Waals surface area contributed by atoms with Crippen LogP contribution in [0.2, 0.25) is 0 Å². The highest BCUT2D eigenvalue weighted by molar-refractivity contribution is 8.01. The Morgan fingerprint density at radius 3 is 2.47 bits per heavy atom. The highest BCUT2D eigenvalue weighted by atomic mass is 32.2. The minimum Gasteiger partial charge on any atom is -0.295 e. The van der Waals surface area contributed by atoms with Crippen LogP contribution < -0.4 is 0 Å². The first-order chi connectivity index (χ1) is 7.25. The molecule has 0 amide bonds. The van der Waals surface area contributed by atoms with E-state index in [0.717, 1.165) is 5.56 Å². The smallest absolute Gasteiger partial charge is 0.159 e. The van der Waals surface area contributed by atoms with Crippen molar-refractivity contribution in [3.63, 3.8) is 0 Å². The molecule has 2 rings (SSSR count). The quantitative estimate of drug-likeness (QED) is 0.744. The Labute approximate surface area is 97.1 Å². The fourth-order valence-electron chi connectivity index (χ4n) is 1.20. The van der Waals surface area contributed by atoms with Crippen molar-refractivity contribution in [2.45, 2.75) is 16.0 Å². The van der Waals surface area contributed by atoms with Gasteiger partial charge in [-0.1, -0.05) is 30.0 Å². The van der Waals surface area contributed by atoms with Gasteiger partial charge in [-0.25, -0.2) is 0 Å². The summed E-state index contributed by atoms with van der Waals surface area (Å²) < 4.78 is 1.27. The molecular formula is C12H10OS2. The number of thiophene rings is 1. The van der Waals surface area contributed by atoms with Crippen LogP contribution in [0.3, 0.4) is 0 Å². The lowest BCUT2D eigenvalue weighted by molar-refractivity contribution is 0.101. The van der Waals surface area contributed by atoms with Crippen LogP contribution in [0.4, 0.5) is 0 Å². The lowest BCUT2D eigenvalue weighted by Gasteiger charge is -1.99. The summed E-state index contributed by atoms with van der Waals surface area (Å²) in [5.74, 6) is 0.114. The van der Waals surface area contributed by atoms with Crippen molar-refractivity contribution < 1.29 is 4.79 Å². The zero-order valence-electron chi connectivity index (χ0n) is 8.27. The van der Waals surface area contributed by atoms with Crippen LogP contribution >= 0.6 is 23.1 Å². The molecule has 0 aliphatic carbocycles. The van der Waals surface area contributed by atoms with Gasteiger partial charge in [-0.3, -0.25) is 4.79 Å². The molecule has 15 heavy (non-hydrogen) atoms. The first-order valence-corrected chi connectivity index (χ1v) is 6.28. The molecule has 1 aromatic heterocycles. The Kier molecular flexibility index (Phi) is 3.23. The molecule has 0 aliphatic rings. The first-order valence-electron chi connectivity index (χ1n) is 4.58. The largest absolute Gasteiger partial charge is 0.295 e. The molecule has 0 saturated carbocycles. The maximum Gasteiger partial charge on any atom is 0.159 e. The summed E-state index contributed by atoms with van der Waals surface area (Å²) in [7, 11) is 0. The second kappa shape index (κ2) is 4.64. The molecule has 0 atom stereocenters. The Hall–Kier alpha value is -1.06. The van der Waals surface area contributed by atoms with Gasteiger partial charge in [0.25, 0.3) is 0 Å². The average molecular weight is 234 g/mol. The molecule has 0 saturated heterocycles. The zero-order valence-corrected chi connectivity index (χ0v) is 9.90. The van der Waals surface area contributed by atoms with Crippen LogP contribution in [-0.4, -0.2) is 5.78 Å². The number of hydrogen-bond donors (Lipinski definition) is 0. The van der Waals surface area contributed by atoms with Crippen LogP contribution in [-0.2, 0) is 0 Å². The topological polar surface area (TPSA) is 17.1 Å². The van der Waals surface area contributed by atoms with Crippen LogP contribution in [0.5, 0.6) is 0 Å². The third-order valence-corrected chi connectivity index (χ3v) is 4.02. The molecule has 0 unspecified atom stereocenters. The molecule has 0 fully saturated rings. The van der Waals surface area contributed by atoms with E-state index in [1.165, 1.54) is 9.10 Å². The Balaban J connectivity index is 2.14. The molecule has 0 N–H and O–H groups in total. The summed E-state index contributed by atoms with van der Waals surface area (Å²) >= 11 is 3.45. The van der Waals surface area contributed by atoms with E-state index in [1.807, 2.05) is 30.3 Å². The molecule has 0 aliphatic heterocycles. The maximum absolute atomic E-state index is 11.1.